The SMILES string of the molecule is c1ccc(-c2ccc3ccc4ccc(-c5ccc(-c6cc7ccccc7c7c6-c6ccccc6C7(c6ccccc6)c6ccccc6)cc5)nc4c3n2)cc1. The molecule has 0 N–H and O–H groups in total. The maximum atomic E-state index is 5.26. The molecule has 11 rings (SSSR count). The molecule has 2 nitrogen and oxygen atoms in total. The van der Waals surface area contributed by atoms with Crippen molar-refractivity contribution in [1.82, 2.24) is 9.97 Å². The van der Waals surface area contributed by atoms with Crippen molar-refractivity contribution in [1.29, 1.82) is 0 Å². The van der Waals surface area contributed by atoms with E-state index in [2.05, 4.69) is 200 Å². The average molecular weight is 699 g/mol. The lowest BCUT2D eigenvalue weighted by Gasteiger charge is -2.35. The summed E-state index contributed by atoms with van der Waals surface area (Å²) in [7, 11) is 0. The van der Waals surface area contributed by atoms with Crippen molar-refractivity contribution in [2.75, 3.05) is 0 Å². The van der Waals surface area contributed by atoms with Gasteiger partial charge in [-0.3, -0.25) is 0 Å². The van der Waals surface area contributed by atoms with Gasteiger partial charge in [0.2, 0.25) is 0 Å². The highest BCUT2D eigenvalue weighted by molar-refractivity contribution is 6.07. The van der Waals surface area contributed by atoms with Crippen LogP contribution in [0.3, 0.4) is 0 Å². The summed E-state index contributed by atoms with van der Waals surface area (Å²) in [4.78, 5) is 10.4. The maximum Gasteiger partial charge on any atom is 0.0972 e. The number of fused-ring (bicyclic) bond motifs is 8. The molecule has 1 aliphatic rings. The summed E-state index contributed by atoms with van der Waals surface area (Å²) in [5.41, 5.74) is 15.6. The van der Waals surface area contributed by atoms with Gasteiger partial charge < -0.3 is 0 Å². The minimum Gasteiger partial charge on any atom is -0.245 e. The van der Waals surface area contributed by atoms with Gasteiger partial charge in [-0.1, -0.05) is 188 Å². The molecule has 256 valence electrons. The van der Waals surface area contributed by atoms with Crippen molar-refractivity contribution in [2.45, 2.75) is 5.41 Å². The zero-order valence-corrected chi connectivity index (χ0v) is 30.0. The van der Waals surface area contributed by atoms with E-state index >= 15 is 0 Å². The van der Waals surface area contributed by atoms with E-state index in [1.807, 2.05) is 6.07 Å². The molecule has 0 fully saturated rings. The van der Waals surface area contributed by atoms with Crippen LogP contribution in [0.25, 0.3) is 77.3 Å². The Hall–Kier alpha value is -7.16. The summed E-state index contributed by atoms with van der Waals surface area (Å²) >= 11 is 0. The Kier molecular flexibility index (Phi) is 7.11. The lowest BCUT2D eigenvalue weighted by molar-refractivity contribution is 0.775. The molecule has 0 unspecified atom stereocenters. The molecule has 55 heavy (non-hydrogen) atoms. The molecule has 0 saturated heterocycles. The molecule has 0 spiro atoms. The van der Waals surface area contributed by atoms with Gasteiger partial charge in [-0.2, -0.15) is 0 Å². The quantitative estimate of drug-likeness (QED) is 0.167. The molecule has 0 aliphatic heterocycles. The van der Waals surface area contributed by atoms with Gasteiger partial charge in [-0.05, 0) is 73.5 Å². The molecule has 1 aliphatic carbocycles. The third-order valence-corrected chi connectivity index (χ3v) is 11.5. The second-order valence-electron chi connectivity index (χ2n) is 14.5. The van der Waals surface area contributed by atoms with E-state index in [1.165, 1.54) is 55.3 Å². The van der Waals surface area contributed by atoms with Crippen LogP contribution in [-0.4, -0.2) is 9.97 Å². The first-order valence-electron chi connectivity index (χ1n) is 18.9. The smallest absolute Gasteiger partial charge is 0.0972 e. The Labute approximate surface area is 320 Å². The molecule has 8 aromatic carbocycles. The van der Waals surface area contributed by atoms with Crippen LogP contribution in [0.2, 0.25) is 0 Å². The molecule has 0 amide bonds. The minimum atomic E-state index is -0.490. The first-order valence-corrected chi connectivity index (χ1v) is 18.9. The average Bonchev–Trinajstić information content (AvgIpc) is 3.59. The summed E-state index contributed by atoms with van der Waals surface area (Å²) in [6.45, 7) is 0. The van der Waals surface area contributed by atoms with Gasteiger partial charge in [0.1, 0.15) is 0 Å². The van der Waals surface area contributed by atoms with Crippen LogP contribution >= 0.6 is 0 Å². The standard InChI is InChI=1S/C53H34N2/c1-4-14-36(15-5-1)47-32-30-38-28-29-39-31-33-48(55-52(39)51(38)54-47)37-26-24-35(25-27-37)45-34-40-16-10-11-21-43(40)50-49(45)44-22-12-13-23-46(44)53(50,41-17-6-2-7-18-41)42-19-8-3-9-20-42/h1-34H. The fourth-order valence-electron chi connectivity index (χ4n) is 9.07. The number of nitrogens with zero attached hydrogens (tertiary/aromatic N) is 2. The van der Waals surface area contributed by atoms with Crippen LogP contribution in [0.4, 0.5) is 0 Å². The van der Waals surface area contributed by atoms with Crippen LogP contribution in [0.5, 0.6) is 0 Å². The number of benzene rings is 8. The second-order valence-corrected chi connectivity index (χ2v) is 14.5. The fraction of sp³-hybridized carbons (Fsp3) is 0.0189. The Bertz CT molecular complexity index is 3020. The second kappa shape index (κ2) is 12.5. The van der Waals surface area contributed by atoms with E-state index in [9.17, 15) is 0 Å². The van der Waals surface area contributed by atoms with Crippen molar-refractivity contribution < 1.29 is 0 Å². The third kappa shape index (κ3) is 4.82. The van der Waals surface area contributed by atoms with E-state index in [1.54, 1.807) is 0 Å². The largest absolute Gasteiger partial charge is 0.245 e. The van der Waals surface area contributed by atoms with Gasteiger partial charge in [0.05, 0.1) is 27.8 Å². The van der Waals surface area contributed by atoms with Crippen molar-refractivity contribution >= 4 is 32.6 Å². The monoisotopic (exact) mass is 698 g/mol. The van der Waals surface area contributed by atoms with Gasteiger partial charge in [-0.25, -0.2) is 9.97 Å². The zero-order valence-electron chi connectivity index (χ0n) is 30.0. The number of aromatic nitrogens is 2. The highest BCUT2D eigenvalue weighted by Gasteiger charge is 2.48. The summed E-state index contributed by atoms with van der Waals surface area (Å²) in [6, 6.07) is 74.6. The van der Waals surface area contributed by atoms with Gasteiger partial charge in [0.15, 0.2) is 0 Å². The maximum absolute atomic E-state index is 5.26. The van der Waals surface area contributed by atoms with E-state index in [0.717, 1.165) is 44.3 Å². The van der Waals surface area contributed by atoms with Gasteiger partial charge in [0.25, 0.3) is 0 Å². The Balaban J connectivity index is 1.10. The predicted octanol–water partition coefficient (Wildman–Crippen LogP) is 13.3. The number of rotatable bonds is 5. The van der Waals surface area contributed by atoms with E-state index in [0.29, 0.717) is 0 Å². The minimum absolute atomic E-state index is 0.490. The summed E-state index contributed by atoms with van der Waals surface area (Å²) in [6.07, 6.45) is 0. The van der Waals surface area contributed by atoms with Crippen molar-refractivity contribution in [2.24, 2.45) is 0 Å². The van der Waals surface area contributed by atoms with Gasteiger partial charge >= 0.3 is 0 Å². The zero-order chi connectivity index (χ0) is 36.3. The van der Waals surface area contributed by atoms with Crippen molar-refractivity contribution in [3.8, 4) is 44.8 Å². The van der Waals surface area contributed by atoms with Gasteiger partial charge in [0, 0.05) is 21.9 Å². The molecular weight excluding hydrogens is 665 g/mol. The molecule has 2 heterocycles. The summed E-state index contributed by atoms with van der Waals surface area (Å²) in [5.74, 6) is 0. The lowest BCUT2D eigenvalue weighted by Crippen LogP contribution is -2.28. The van der Waals surface area contributed by atoms with E-state index in [4.69, 9.17) is 9.97 Å². The van der Waals surface area contributed by atoms with Crippen LogP contribution < -0.4 is 0 Å². The van der Waals surface area contributed by atoms with Crippen molar-refractivity contribution in [3.63, 3.8) is 0 Å². The predicted molar refractivity (Wildman–Crippen MR) is 228 cm³/mol. The lowest BCUT2D eigenvalue weighted by atomic mass is 9.66. The molecule has 0 bridgehead atoms. The summed E-state index contributed by atoms with van der Waals surface area (Å²) < 4.78 is 0. The number of hydrogen-bond acceptors (Lipinski definition) is 2. The highest BCUT2D eigenvalue weighted by atomic mass is 14.8. The van der Waals surface area contributed by atoms with E-state index in [-0.39, 0.29) is 0 Å². The molecular formula is C53H34N2. The van der Waals surface area contributed by atoms with Crippen LogP contribution in [0, 0.1) is 0 Å². The number of pyridine rings is 2. The first kappa shape index (κ1) is 31.4. The Morgan fingerprint density at radius 2 is 0.836 bits per heavy atom. The highest BCUT2D eigenvalue weighted by Crippen LogP contribution is 2.60. The van der Waals surface area contributed by atoms with Crippen LogP contribution in [-0.2, 0) is 5.41 Å². The fourth-order valence-corrected chi connectivity index (χ4v) is 9.07. The Morgan fingerprint density at radius 3 is 1.47 bits per heavy atom. The number of hydrogen-bond donors (Lipinski definition) is 0. The molecule has 2 heteroatoms. The van der Waals surface area contributed by atoms with Crippen LogP contribution in [0.15, 0.2) is 206 Å². The molecule has 0 atom stereocenters. The topological polar surface area (TPSA) is 25.8 Å². The molecule has 10 aromatic rings. The molecule has 0 saturated carbocycles. The van der Waals surface area contributed by atoms with Crippen LogP contribution in [0.1, 0.15) is 22.3 Å². The molecule has 0 radical (unpaired) electrons. The summed E-state index contributed by atoms with van der Waals surface area (Å²) in [5, 5.41) is 4.67. The normalized spacial score (nSPS) is 12.9. The van der Waals surface area contributed by atoms with E-state index < -0.39 is 5.41 Å². The van der Waals surface area contributed by atoms with Crippen molar-refractivity contribution in [3.05, 3.63) is 229 Å². The Morgan fingerprint density at radius 1 is 0.345 bits per heavy atom. The molecule has 2 aromatic heterocycles. The third-order valence-electron chi connectivity index (χ3n) is 11.5. The van der Waals surface area contributed by atoms with Gasteiger partial charge in [-0.15, -0.1) is 0 Å². The first-order chi connectivity index (χ1) is 27.3.